The third kappa shape index (κ3) is 4.03. The zero-order valence-electron chi connectivity index (χ0n) is 17.4. The van der Waals surface area contributed by atoms with Gasteiger partial charge >= 0.3 is 6.03 Å². The molecule has 2 unspecified atom stereocenters. The lowest BCUT2D eigenvalue weighted by Crippen LogP contribution is -2.48. The van der Waals surface area contributed by atoms with E-state index < -0.39 is 0 Å². The third-order valence-corrected chi connectivity index (χ3v) is 6.17. The average molecular weight is 409 g/mol. The number of anilines is 1. The minimum absolute atomic E-state index is 0.0419. The minimum atomic E-state index is -0.286. The Bertz CT molecular complexity index is 888. The molecule has 1 N–H and O–H groups in total. The van der Waals surface area contributed by atoms with Gasteiger partial charge in [-0.1, -0.05) is 18.2 Å². The summed E-state index contributed by atoms with van der Waals surface area (Å²) in [6, 6.07) is 13.1. The van der Waals surface area contributed by atoms with Crippen LogP contribution in [-0.4, -0.2) is 64.1 Å². The number of urea groups is 1. The maximum atomic E-state index is 13.0. The van der Waals surface area contributed by atoms with Crippen molar-refractivity contribution in [1.29, 1.82) is 0 Å². The van der Waals surface area contributed by atoms with Crippen LogP contribution < -0.4 is 4.90 Å². The smallest absolute Gasteiger partial charge is 0.325 e. The van der Waals surface area contributed by atoms with Gasteiger partial charge in [-0.15, -0.1) is 0 Å². The van der Waals surface area contributed by atoms with Gasteiger partial charge in [-0.05, 0) is 55.5 Å². The Balaban J connectivity index is 1.39. The molecule has 0 radical (unpaired) electrons. The summed E-state index contributed by atoms with van der Waals surface area (Å²) in [5, 5.41) is 9.96. The van der Waals surface area contributed by atoms with E-state index in [4.69, 9.17) is 0 Å². The normalized spacial score (nSPS) is 22.6. The number of nitrogens with zero attached hydrogens (tertiary/aromatic N) is 4. The third-order valence-electron chi connectivity index (χ3n) is 6.17. The van der Waals surface area contributed by atoms with Crippen LogP contribution in [0.15, 0.2) is 48.7 Å². The second-order valence-electron chi connectivity index (χ2n) is 8.31. The predicted molar refractivity (Wildman–Crippen MR) is 114 cm³/mol. The molecule has 3 amide bonds. The number of aliphatic hydroxyl groups is 1. The Kier molecular flexibility index (Phi) is 5.72. The molecule has 4 rings (SSSR count). The van der Waals surface area contributed by atoms with Crippen LogP contribution in [0.4, 0.5) is 10.6 Å². The van der Waals surface area contributed by atoms with E-state index in [-0.39, 0.29) is 30.1 Å². The van der Waals surface area contributed by atoms with E-state index in [1.807, 2.05) is 41.3 Å². The molecule has 0 aliphatic carbocycles. The van der Waals surface area contributed by atoms with E-state index in [2.05, 4.69) is 4.98 Å². The molecule has 2 atom stereocenters. The monoisotopic (exact) mass is 408 g/mol. The highest BCUT2D eigenvalue weighted by Crippen LogP contribution is 2.36. The fourth-order valence-electron chi connectivity index (χ4n) is 4.63. The summed E-state index contributed by atoms with van der Waals surface area (Å²) in [4.78, 5) is 35.0. The Morgan fingerprint density at radius 3 is 2.33 bits per heavy atom. The van der Waals surface area contributed by atoms with Crippen molar-refractivity contribution in [2.75, 3.05) is 19.0 Å². The van der Waals surface area contributed by atoms with Gasteiger partial charge in [0.25, 0.3) is 5.91 Å². The van der Waals surface area contributed by atoms with Crippen molar-refractivity contribution in [3.63, 3.8) is 0 Å². The molecule has 2 aromatic rings. The number of aliphatic hydroxyl groups excluding tert-OH is 1. The lowest BCUT2D eigenvalue weighted by atomic mass is 9.98. The largest absolute Gasteiger partial charge is 0.393 e. The summed E-state index contributed by atoms with van der Waals surface area (Å²) in [6.45, 7) is 0.436. The Morgan fingerprint density at radius 2 is 1.73 bits per heavy atom. The van der Waals surface area contributed by atoms with Gasteiger partial charge in [0.15, 0.2) is 0 Å². The van der Waals surface area contributed by atoms with Crippen LogP contribution >= 0.6 is 0 Å². The zero-order valence-corrected chi connectivity index (χ0v) is 17.4. The first-order chi connectivity index (χ1) is 14.4. The molecular weight excluding hydrogens is 380 g/mol. The van der Waals surface area contributed by atoms with E-state index in [0.717, 1.165) is 18.4 Å². The molecule has 1 aromatic heterocycles. The molecule has 158 valence electrons. The number of amides is 3. The molecule has 7 heteroatoms. The van der Waals surface area contributed by atoms with Crippen LogP contribution in [0.1, 0.15) is 41.6 Å². The van der Waals surface area contributed by atoms with E-state index in [1.54, 1.807) is 31.3 Å². The van der Waals surface area contributed by atoms with E-state index in [9.17, 15) is 14.7 Å². The van der Waals surface area contributed by atoms with Crippen molar-refractivity contribution in [3.8, 4) is 0 Å². The zero-order chi connectivity index (χ0) is 21.3. The SMILES string of the molecule is CN(Cc1ccc(C(=O)N2C3CCC2CC(O)C3)cc1)C(=O)N(C)c1ccccn1. The molecule has 2 aliphatic rings. The molecular formula is C23H28N4O3. The van der Waals surface area contributed by atoms with E-state index >= 15 is 0 Å². The Morgan fingerprint density at radius 1 is 1.07 bits per heavy atom. The van der Waals surface area contributed by atoms with Gasteiger partial charge < -0.3 is 14.9 Å². The lowest BCUT2D eigenvalue weighted by Gasteiger charge is -2.37. The number of carbonyl (C=O) groups is 2. The lowest BCUT2D eigenvalue weighted by molar-refractivity contribution is 0.0287. The second kappa shape index (κ2) is 8.44. The fraction of sp³-hybridized carbons (Fsp3) is 0.435. The van der Waals surface area contributed by atoms with E-state index in [1.165, 1.54) is 4.90 Å². The minimum Gasteiger partial charge on any atom is -0.393 e. The number of pyridine rings is 1. The maximum absolute atomic E-state index is 13.0. The van der Waals surface area contributed by atoms with Crippen LogP contribution in [0.2, 0.25) is 0 Å². The van der Waals surface area contributed by atoms with Crippen molar-refractivity contribution >= 4 is 17.8 Å². The second-order valence-corrected chi connectivity index (χ2v) is 8.31. The molecule has 3 heterocycles. The first-order valence-electron chi connectivity index (χ1n) is 10.4. The van der Waals surface area contributed by atoms with Gasteiger partial charge in [0, 0.05) is 44.5 Å². The molecule has 2 aliphatic heterocycles. The highest BCUT2D eigenvalue weighted by molar-refractivity contribution is 5.95. The summed E-state index contributed by atoms with van der Waals surface area (Å²) in [6.07, 6.45) is 4.68. The topological polar surface area (TPSA) is 77.0 Å². The molecule has 1 aromatic carbocycles. The molecule has 0 saturated carbocycles. The highest BCUT2D eigenvalue weighted by Gasteiger charge is 2.42. The van der Waals surface area contributed by atoms with Crippen molar-refractivity contribution in [3.05, 3.63) is 59.8 Å². The standard InChI is InChI=1S/C23H28N4O3/c1-25(23(30)26(2)21-5-3-4-12-24-21)15-16-6-8-17(9-7-16)22(29)27-18-10-11-19(27)14-20(28)13-18/h3-9,12,18-20,28H,10-11,13-15H2,1-2H3. The van der Waals surface area contributed by atoms with Crippen LogP contribution in [-0.2, 0) is 6.54 Å². The predicted octanol–water partition coefficient (Wildman–Crippen LogP) is 2.90. The summed E-state index contributed by atoms with van der Waals surface area (Å²) in [7, 11) is 3.45. The fourth-order valence-corrected chi connectivity index (χ4v) is 4.63. The Labute approximate surface area is 176 Å². The van der Waals surface area contributed by atoms with Crippen molar-refractivity contribution < 1.29 is 14.7 Å². The summed E-state index contributed by atoms with van der Waals surface area (Å²) < 4.78 is 0. The molecule has 7 nitrogen and oxygen atoms in total. The quantitative estimate of drug-likeness (QED) is 0.844. The van der Waals surface area contributed by atoms with Crippen LogP contribution in [0, 0.1) is 0 Å². The number of piperidine rings is 1. The Hall–Kier alpha value is -2.93. The van der Waals surface area contributed by atoms with Gasteiger partial charge in [-0.25, -0.2) is 9.78 Å². The van der Waals surface area contributed by atoms with Crippen molar-refractivity contribution in [2.24, 2.45) is 0 Å². The summed E-state index contributed by atoms with van der Waals surface area (Å²) >= 11 is 0. The maximum Gasteiger partial charge on any atom is 0.325 e. The van der Waals surface area contributed by atoms with Gasteiger partial charge in [0.05, 0.1) is 6.10 Å². The molecule has 0 spiro atoms. The number of carbonyl (C=O) groups excluding carboxylic acids is 2. The number of benzene rings is 1. The van der Waals surface area contributed by atoms with Gasteiger partial charge in [0.2, 0.25) is 0 Å². The first kappa shape index (κ1) is 20.3. The first-order valence-corrected chi connectivity index (χ1v) is 10.4. The van der Waals surface area contributed by atoms with Crippen LogP contribution in [0.5, 0.6) is 0 Å². The molecule has 2 bridgehead atoms. The number of hydrogen-bond acceptors (Lipinski definition) is 4. The number of hydrogen-bond donors (Lipinski definition) is 1. The highest BCUT2D eigenvalue weighted by atomic mass is 16.3. The summed E-state index contributed by atoms with van der Waals surface area (Å²) in [5.41, 5.74) is 1.61. The van der Waals surface area contributed by atoms with Gasteiger partial charge in [0.1, 0.15) is 5.82 Å². The molecule has 2 saturated heterocycles. The average Bonchev–Trinajstić information content (AvgIpc) is 3.04. The van der Waals surface area contributed by atoms with Crippen molar-refractivity contribution in [2.45, 2.75) is 50.4 Å². The van der Waals surface area contributed by atoms with Gasteiger partial charge in [-0.3, -0.25) is 9.69 Å². The van der Waals surface area contributed by atoms with Gasteiger partial charge in [-0.2, -0.15) is 0 Å². The number of aromatic nitrogens is 1. The van der Waals surface area contributed by atoms with Crippen LogP contribution in [0.3, 0.4) is 0 Å². The summed E-state index contributed by atoms with van der Waals surface area (Å²) in [5.74, 6) is 0.636. The van der Waals surface area contributed by atoms with Crippen molar-refractivity contribution in [1.82, 2.24) is 14.8 Å². The number of fused-ring (bicyclic) bond motifs is 2. The number of rotatable bonds is 4. The molecule has 2 fully saturated rings. The molecule has 30 heavy (non-hydrogen) atoms. The van der Waals surface area contributed by atoms with Crippen LogP contribution in [0.25, 0.3) is 0 Å². The van der Waals surface area contributed by atoms with E-state index in [0.29, 0.717) is 30.8 Å².